The Morgan fingerprint density at radius 3 is 2.59 bits per heavy atom. The lowest BCUT2D eigenvalue weighted by molar-refractivity contribution is -0.114. The molecule has 1 aromatic heterocycles. The van der Waals surface area contributed by atoms with E-state index in [1.165, 1.54) is 16.9 Å². The molecule has 4 nitrogen and oxygen atoms in total. The van der Waals surface area contributed by atoms with E-state index in [0.717, 1.165) is 27.8 Å². The molecule has 0 saturated heterocycles. The molecule has 0 fully saturated rings. The van der Waals surface area contributed by atoms with E-state index in [4.69, 9.17) is 0 Å². The SMILES string of the molecule is O=C(CNc1cccc2ccccc12)Nc1ncc(Cc2ccccc2)s1. The van der Waals surface area contributed by atoms with Crippen molar-refractivity contribution in [3.05, 3.63) is 89.4 Å². The summed E-state index contributed by atoms with van der Waals surface area (Å²) in [6.45, 7) is 0.196. The highest BCUT2D eigenvalue weighted by Gasteiger charge is 2.08. The van der Waals surface area contributed by atoms with Crippen LogP contribution < -0.4 is 10.6 Å². The Bertz CT molecular complexity index is 1050. The molecule has 27 heavy (non-hydrogen) atoms. The van der Waals surface area contributed by atoms with Crippen molar-refractivity contribution in [1.29, 1.82) is 0 Å². The molecule has 4 aromatic rings. The number of rotatable bonds is 6. The average molecular weight is 373 g/mol. The first-order chi connectivity index (χ1) is 13.3. The molecule has 5 heteroatoms. The number of hydrogen-bond acceptors (Lipinski definition) is 4. The maximum atomic E-state index is 12.3. The number of carbonyl (C=O) groups excluding carboxylic acids is 1. The van der Waals surface area contributed by atoms with Gasteiger partial charge < -0.3 is 10.6 Å². The molecular weight excluding hydrogens is 354 g/mol. The van der Waals surface area contributed by atoms with Crippen LogP contribution in [0.3, 0.4) is 0 Å². The van der Waals surface area contributed by atoms with Crippen LogP contribution in [0.1, 0.15) is 10.4 Å². The van der Waals surface area contributed by atoms with Gasteiger partial charge >= 0.3 is 0 Å². The number of anilines is 2. The first-order valence-electron chi connectivity index (χ1n) is 8.78. The number of hydrogen-bond donors (Lipinski definition) is 2. The zero-order valence-electron chi connectivity index (χ0n) is 14.7. The predicted octanol–water partition coefficient (Wildman–Crippen LogP) is 4.94. The highest BCUT2D eigenvalue weighted by atomic mass is 32.1. The van der Waals surface area contributed by atoms with Gasteiger partial charge in [0.15, 0.2) is 5.13 Å². The van der Waals surface area contributed by atoms with Crippen molar-refractivity contribution in [2.24, 2.45) is 0 Å². The third kappa shape index (κ3) is 4.33. The summed E-state index contributed by atoms with van der Waals surface area (Å²) in [6.07, 6.45) is 2.65. The number of carbonyl (C=O) groups is 1. The van der Waals surface area contributed by atoms with Gasteiger partial charge in [-0.2, -0.15) is 0 Å². The van der Waals surface area contributed by atoms with Gasteiger partial charge in [-0.15, -0.1) is 11.3 Å². The van der Waals surface area contributed by atoms with E-state index in [1.54, 1.807) is 0 Å². The Morgan fingerprint density at radius 1 is 0.926 bits per heavy atom. The summed E-state index contributed by atoms with van der Waals surface area (Å²) in [4.78, 5) is 17.7. The minimum Gasteiger partial charge on any atom is -0.376 e. The zero-order chi connectivity index (χ0) is 18.5. The molecular formula is C22H19N3OS. The van der Waals surface area contributed by atoms with Crippen LogP contribution in [0.25, 0.3) is 10.8 Å². The van der Waals surface area contributed by atoms with Crippen molar-refractivity contribution in [2.45, 2.75) is 6.42 Å². The highest BCUT2D eigenvalue weighted by Crippen LogP contribution is 2.23. The topological polar surface area (TPSA) is 54.0 Å². The molecule has 0 spiro atoms. The Morgan fingerprint density at radius 2 is 1.70 bits per heavy atom. The summed E-state index contributed by atoms with van der Waals surface area (Å²) < 4.78 is 0. The third-order valence-electron chi connectivity index (χ3n) is 4.25. The summed E-state index contributed by atoms with van der Waals surface area (Å²) in [6, 6.07) is 24.4. The Balaban J connectivity index is 1.36. The minimum atomic E-state index is -0.108. The molecule has 0 aliphatic rings. The molecule has 0 radical (unpaired) electrons. The van der Waals surface area contributed by atoms with Crippen LogP contribution in [0.2, 0.25) is 0 Å². The lowest BCUT2D eigenvalue weighted by atomic mass is 10.1. The fraction of sp³-hybridized carbons (Fsp3) is 0.0909. The molecule has 0 bridgehead atoms. The van der Waals surface area contributed by atoms with E-state index in [2.05, 4.69) is 39.9 Å². The van der Waals surface area contributed by atoms with E-state index in [0.29, 0.717) is 5.13 Å². The number of nitrogens with zero attached hydrogens (tertiary/aromatic N) is 1. The van der Waals surface area contributed by atoms with Crippen molar-refractivity contribution in [3.8, 4) is 0 Å². The van der Waals surface area contributed by atoms with Gasteiger partial charge in [-0.05, 0) is 17.0 Å². The molecule has 4 rings (SSSR count). The summed E-state index contributed by atoms with van der Waals surface area (Å²) in [5.74, 6) is -0.108. The Kier molecular flexibility index (Phi) is 5.12. The maximum absolute atomic E-state index is 12.3. The van der Waals surface area contributed by atoms with E-state index in [-0.39, 0.29) is 12.5 Å². The van der Waals surface area contributed by atoms with Crippen LogP contribution in [-0.4, -0.2) is 17.4 Å². The molecule has 2 N–H and O–H groups in total. The summed E-state index contributed by atoms with van der Waals surface area (Å²) in [7, 11) is 0. The fourth-order valence-corrected chi connectivity index (χ4v) is 3.83. The number of nitrogens with one attached hydrogen (secondary N) is 2. The van der Waals surface area contributed by atoms with E-state index >= 15 is 0 Å². The van der Waals surface area contributed by atoms with Gasteiger partial charge in [-0.25, -0.2) is 4.98 Å². The van der Waals surface area contributed by atoms with Gasteiger partial charge in [-0.3, -0.25) is 4.79 Å². The second-order valence-electron chi connectivity index (χ2n) is 6.22. The molecule has 0 unspecified atom stereocenters. The molecule has 0 aliphatic carbocycles. The lowest BCUT2D eigenvalue weighted by Crippen LogP contribution is -2.21. The van der Waals surface area contributed by atoms with Crippen LogP contribution in [0.15, 0.2) is 79.0 Å². The van der Waals surface area contributed by atoms with Gasteiger partial charge in [0, 0.05) is 28.6 Å². The molecule has 1 amide bonds. The van der Waals surface area contributed by atoms with Crippen molar-refractivity contribution in [1.82, 2.24) is 4.98 Å². The number of thiazole rings is 1. The first kappa shape index (κ1) is 17.2. The van der Waals surface area contributed by atoms with Crippen LogP contribution >= 0.6 is 11.3 Å². The van der Waals surface area contributed by atoms with Crippen LogP contribution in [0, 0.1) is 0 Å². The van der Waals surface area contributed by atoms with Gasteiger partial charge in [0.05, 0.1) is 6.54 Å². The highest BCUT2D eigenvalue weighted by molar-refractivity contribution is 7.15. The molecule has 134 valence electrons. The van der Waals surface area contributed by atoms with Crippen LogP contribution in [0.4, 0.5) is 10.8 Å². The van der Waals surface area contributed by atoms with Gasteiger partial charge in [0.2, 0.25) is 5.91 Å². The number of aromatic nitrogens is 1. The largest absolute Gasteiger partial charge is 0.376 e. The van der Waals surface area contributed by atoms with E-state index < -0.39 is 0 Å². The average Bonchev–Trinajstić information content (AvgIpc) is 3.13. The molecule has 1 heterocycles. The number of benzene rings is 3. The normalized spacial score (nSPS) is 10.7. The van der Waals surface area contributed by atoms with Crippen molar-refractivity contribution < 1.29 is 4.79 Å². The first-order valence-corrected chi connectivity index (χ1v) is 9.60. The molecule has 0 saturated carbocycles. The maximum Gasteiger partial charge on any atom is 0.245 e. The van der Waals surface area contributed by atoms with E-state index in [9.17, 15) is 4.79 Å². The molecule has 0 atom stereocenters. The summed E-state index contributed by atoms with van der Waals surface area (Å²) >= 11 is 1.51. The molecule has 3 aromatic carbocycles. The smallest absolute Gasteiger partial charge is 0.245 e. The monoisotopic (exact) mass is 373 g/mol. The summed E-state index contributed by atoms with van der Waals surface area (Å²) in [5.41, 5.74) is 2.18. The van der Waals surface area contributed by atoms with Crippen molar-refractivity contribution in [3.63, 3.8) is 0 Å². The molecule has 0 aliphatic heterocycles. The number of amides is 1. The fourth-order valence-electron chi connectivity index (χ4n) is 2.96. The zero-order valence-corrected chi connectivity index (χ0v) is 15.5. The summed E-state index contributed by atoms with van der Waals surface area (Å²) in [5, 5.41) is 8.97. The predicted molar refractivity (Wildman–Crippen MR) is 112 cm³/mol. The Hall–Kier alpha value is -3.18. The van der Waals surface area contributed by atoms with Crippen LogP contribution in [0.5, 0.6) is 0 Å². The van der Waals surface area contributed by atoms with Gasteiger partial charge in [0.1, 0.15) is 0 Å². The second kappa shape index (κ2) is 8.01. The van der Waals surface area contributed by atoms with Crippen LogP contribution in [-0.2, 0) is 11.2 Å². The minimum absolute atomic E-state index is 0.108. The van der Waals surface area contributed by atoms with Crippen molar-refractivity contribution in [2.75, 3.05) is 17.2 Å². The standard InChI is InChI=1S/C22H19N3OS/c26-21(15-23-20-12-6-10-17-9-4-5-11-19(17)20)25-22-24-14-18(27-22)13-16-7-2-1-3-8-16/h1-12,14,23H,13,15H2,(H,24,25,26). The second-order valence-corrected chi connectivity index (χ2v) is 7.34. The quantitative estimate of drug-likeness (QED) is 0.503. The Labute approximate surface area is 161 Å². The van der Waals surface area contributed by atoms with Crippen molar-refractivity contribution >= 4 is 38.8 Å². The third-order valence-corrected chi connectivity index (χ3v) is 5.16. The van der Waals surface area contributed by atoms with Gasteiger partial charge in [0.25, 0.3) is 0 Å². The van der Waals surface area contributed by atoms with Gasteiger partial charge in [-0.1, -0.05) is 66.7 Å². The number of fused-ring (bicyclic) bond motifs is 1. The van der Waals surface area contributed by atoms with E-state index in [1.807, 2.05) is 54.7 Å². The lowest BCUT2D eigenvalue weighted by Gasteiger charge is -2.09.